The van der Waals surface area contributed by atoms with Crippen molar-refractivity contribution in [2.45, 2.75) is 19.9 Å². The van der Waals surface area contributed by atoms with Gasteiger partial charge in [0.05, 0.1) is 18.2 Å². The number of likely N-dealkylation sites (tertiary alicyclic amines) is 1. The van der Waals surface area contributed by atoms with Gasteiger partial charge in [-0.1, -0.05) is 23.8 Å². The predicted molar refractivity (Wildman–Crippen MR) is 101 cm³/mol. The number of aliphatic hydroxyl groups excluding tert-OH is 1. The molecule has 6 nitrogen and oxygen atoms in total. The molecule has 1 atom stereocenters. The molecule has 1 saturated heterocycles. The van der Waals surface area contributed by atoms with Crippen LogP contribution in [0.5, 0.6) is 0 Å². The van der Waals surface area contributed by atoms with Crippen LogP contribution in [0.3, 0.4) is 0 Å². The molecule has 1 N–H and O–H groups in total. The van der Waals surface area contributed by atoms with E-state index in [-0.39, 0.29) is 24.5 Å². The zero-order chi connectivity index (χ0) is 19.6. The minimum Gasteiger partial charge on any atom is -0.507 e. The van der Waals surface area contributed by atoms with Gasteiger partial charge in [0, 0.05) is 31.6 Å². The zero-order valence-electron chi connectivity index (χ0n) is 15.6. The molecule has 2 aromatic rings. The van der Waals surface area contributed by atoms with Crippen LogP contribution < -0.4 is 0 Å². The Morgan fingerprint density at radius 1 is 1.26 bits per heavy atom. The molecule has 1 aromatic heterocycles. The first kappa shape index (κ1) is 18.8. The van der Waals surface area contributed by atoms with Crippen molar-refractivity contribution in [3.8, 4) is 0 Å². The minimum atomic E-state index is -0.700. The number of ether oxygens (including phenoxy) is 1. The van der Waals surface area contributed by atoms with Crippen molar-refractivity contribution >= 4 is 17.4 Å². The second-order valence-electron chi connectivity index (χ2n) is 6.59. The Labute approximate surface area is 158 Å². The Bertz CT molecular complexity index is 906. The van der Waals surface area contributed by atoms with Crippen LogP contribution >= 0.6 is 0 Å². The molecule has 0 bridgehead atoms. The number of carbonyl (C=O) groups excluding carboxylic acids is 2. The largest absolute Gasteiger partial charge is 0.507 e. The number of hydrogen-bond acceptors (Lipinski definition) is 5. The number of nitrogens with zero attached hydrogens (tertiary/aromatic N) is 2. The molecule has 140 valence electrons. The zero-order valence-corrected chi connectivity index (χ0v) is 15.6. The van der Waals surface area contributed by atoms with Crippen LogP contribution in [0.1, 0.15) is 28.3 Å². The number of carbonyl (C=O) groups is 2. The lowest BCUT2D eigenvalue weighted by Gasteiger charge is -2.24. The van der Waals surface area contributed by atoms with Crippen LogP contribution in [-0.4, -0.2) is 46.9 Å². The van der Waals surface area contributed by atoms with E-state index in [1.165, 1.54) is 12.0 Å². The first-order chi connectivity index (χ1) is 13.0. The van der Waals surface area contributed by atoms with Crippen molar-refractivity contribution in [3.05, 3.63) is 70.6 Å². The average molecular weight is 366 g/mol. The maximum Gasteiger partial charge on any atom is 0.295 e. The number of pyridine rings is 1. The van der Waals surface area contributed by atoms with Gasteiger partial charge in [-0.05, 0) is 37.1 Å². The molecule has 27 heavy (non-hydrogen) atoms. The maximum atomic E-state index is 12.8. The van der Waals surface area contributed by atoms with Crippen molar-refractivity contribution in [2.75, 3.05) is 20.3 Å². The number of benzene rings is 1. The summed E-state index contributed by atoms with van der Waals surface area (Å²) in [6, 6.07) is 8.46. The quantitative estimate of drug-likeness (QED) is 0.500. The summed E-state index contributed by atoms with van der Waals surface area (Å²) in [5.41, 5.74) is 3.07. The molecule has 3 rings (SSSR count). The van der Waals surface area contributed by atoms with Gasteiger partial charge in [0.25, 0.3) is 11.7 Å². The minimum absolute atomic E-state index is 0.0813. The summed E-state index contributed by atoms with van der Waals surface area (Å²) >= 11 is 0. The van der Waals surface area contributed by atoms with Crippen LogP contribution in [0.4, 0.5) is 0 Å². The number of rotatable bonds is 5. The summed E-state index contributed by atoms with van der Waals surface area (Å²) < 4.78 is 5.09. The molecule has 0 spiro atoms. The van der Waals surface area contributed by atoms with Crippen molar-refractivity contribution in [3.63, 3.8) is 0 Å². The highest BCUT2D eigenvalue weighted by Crippen LogP contribution is 2.39. The van der Waals surface area contributed by atoms with Gasteiger partial charge >= 0.3 is 0 Å². The van der Waals surface area contributed by atoms with Crippen LogP contribution in [0.15, 0.2) is 48.3 Å². The third-order valence-electron chi connectivity index (χ3n) is 4.72. The maximum absolute atomic E-state index is 12.8. The lowest BCUT2D eigenvalue weighted by atomic mass is 9.94. The number of hydrogen-bond donors (Lipinski definition) is 1. The van der Waals surface area contributed by atoms with E-state index in [0.29, 0.717) is 11.1 Å². The molecule has 1 aliphatic rings. The number of amides is 1. The molecule has 1 fully saturated rings. The van der Waals surface area contributed by atoms with Gasteiger partial charge in [-0.3, -0.25) is 14.6 Å². The van der Waals surface area contributed by atoms with E-state index in [2.05, 4.69) is 4.98 Å². The molecular formula is C21H22N2O4. The average Bonchev–Trinajstić information content (AvgIpc) is 2.93. The molecule has 1 unspecified atom stereocenters. The Morgan fingerprint density at radius 3 is 2.70 bits per heavy atom. The third kappa shape index (κ3) is 3.48. The summed E-state index contributed by atoms with van der Waals surface area (Å²) in [7, 11) is 1.53. The molecule has 0 aliphatic carbocycles. The molecular weight excluding hydrogens is 344 g/mol. The standard InChI is InChI=1S/C21H22N2O4/c1-13-6-7-14(2)16(11-13)19(24)17-18(15-5-4-8-22-12-15)23(9-10-27-3)21(26)20(17)25/h4-8,11-12,18,24H,9-10H2,1-3H3/b19-17+. The van der Waals surface area contributed by atoms with Crippen LogP contribution in [0.2, 0.25) is 0 Å². The topological polar surface area (TPSA) is 79.7 Å². The predicted octanol–water partition coefficient (Wildman–Crippen LogP) is 2.77. The molecule has 2 heterocycles. The Kier molecular flexibility index (Phi) is 5.37. The second kappa shape index (κ2) is 7.72. The highest BCUT2D eigenvalue weighted by molar-refractivity contribution is 6.46. The lowest BCUT2D eigenvalue weighted by Crippen LogP contribution is -2.32. The molecule has 0 saturated carbocycles. The fraction of sp³-hybridized carbons (Fsp3) is 0.286. The monoisotopic (exact) mass is 366 g/mol. The van der Waals surface area contributed by atoms with E-state index in [0.717, 1.165) is 11.1 Å². The van der Waals surface area contributed by atoms with Gasteiger partial charge in [0.2, 0.25) is 0 Å². The van der Waals surface area contributed by atoms with Crippen LogP contribution in [0, 0.1) is 13.8 Å². The number of ketones is 1. The van der Waals surface area contributed by atoms with E-state index in [4.69, 9.17) is 4.74 Å². The van der Waals surface area contributed by atoms with Gasteiger partial charge in [-0.15, -0.1) is 0 Å². The molecule has 1 aromatic carbocycles. The summed E-state index contributed by atoms with van der Waals surface area (Å²) in [5, 5.41) is 11.0. The second-order valence-corrected chi connectivity index (χ2v) is 6.59. The smallest absolute Gasteiger partial charge is 0.295 e. The number of methoxy groups -OCH3 is 1. The van der Waals surface area contributed by atoms with E-state index in [1.54, 1.807) is 24.5 Å². The Hall–Kier alpha value is -2.99. The first-order valence-corrected chi connectivity index (χ1v) is 8.70. The van der Waals surface area contributed by atoms with Gasteiger partial charge < -0.3 is 14.7 Å². The normalized spacial score (nSPS) is 18.9. The Balaban J connectivity index is 2.20. The van der Waals surface area contributed by atoms with E-state index < -0.39 is 17.7 Å². The lowest BCUT2D eigenvalue weighted by molar-refractivity contribution is -0.140. The van der Waals surface area contributed by atoms with Crippen molar-refractivity contribution < 1.29 is 19.4 Å². The molecule has 1 aliphatic heterocycles. The van der Waals surface area contributed by atoms with E-state index in [9.17, 15) is 14.7 Å². The SMILES string of the molecule is COCCN1C(=O)C(=O)/C(=C(/O)c2cc(C)ccc2C)C1c1cccnc1. The van der Waals surface area contributed by atoms with Gasteiger partial charge in [-0.2, -0.15) is 0 Å². The fourth-order valence-corrected chi connectivity index (χ4v) is 3.32. The highest BCUT2D eigenvalue weighted by Gasteiger charge is 2.46. The third-order valence-corrected chi connectivity index (χ3v) is 4.72. The number of aryl methyl sites for hydroxylation is 2. The number of aromatic nitrogens is 1. The van der Waals surface area contributed by atoms with Gasteiger partial charge in [0.1, 0.15) is 5.76 Å². The van der Waals surface area contributed by atoms with Crippen molar-refractivity contribution in [2.24, 2.45) is 0 Å². The van der Waals surface area contributed by atoms with Crippen LogP contribution in [0.25, 0.3) is 5.76 Å². The molecule has 1 amide bonds. The number of Topliss-reactive ketones (excluding diaryl/α,β-unsaturated/α-hetero) is 1. The summed E-state index contributed by atoms with van der Waals surface area (Å²) in [4.78, 5) is 31.0. The van der Waals surface area contributed by atoms with Gasteiger partial charge in [0.15, 0.2) is 0 Å². The molecule has 0 radical (unpaired) electrons. The summed E-state index contributed by atoms with van der Waals surface area (Å²) in [5.74, 6) is -1.51. The van der Waals surface area contributed by atoms with Gasteiger partial charge in [-0.25, -0.2) is 0 Å². The van der Waals surface area contributed by atoms with Crippen molar-refractivity contribution in [1.29, 1.82) is 0 Å². The van der Waals surface area contributed by atoms with Crippen LogP contribution in [-0.2, 0) is 14.3 Å². The summed E-state index contributed by atoms with van der Waals surface area (Å²) in [6.45, 7) is 4.29. The fourth-order valence-electron chi connectivity index (χ4n) is 3.32. The van der Waals surface area contributed by atoms with Crippen molar-refractivity contribution in [1.82, 2.24) is 9.88 Å². The Morgan fingerprint density at radius 2 is 2.04 bits per heavy atom. The van der Waals surface area contributed by atoms with E-state index in [1.807, 2.05) is 32.0 Å². The highest BCUT2D eigenvalue weighted by atomic mass is 16.5. The summed E-state index contributed by atoms with van der Waals surface area (Å²) in [6.07, 6.45) is 3.22. The van der Waals surface area contributed by atoms with E-state index >= 15 is 0 Å². The first-order valence-electron chi connectivity index (χ1n) is 8.70. The molecule has 6 heteroatoms. The number of aliphatic hydroxyl groups is 1.